The van der Waals surface area contributed by atoms with Crippen molar-refractivity contribution in [2.24, 2.45) is 0 Å². The maximum atomic E-state index is 11.1. The van der Waals surface area contributed by atoms with E-state index in [4.69, 9.17) is 4.74 Å². The number of carbonyl (C=O) groups is 1. The number of carbonyl (C=O) groups excluding carboxylic acids is 1. The van der Waals surface area contributed by atoms with Gasteiger partial charge in [0.2, 0.25) is 0 Å². The number of unbranched alkanes of at least 4 members (excludes halogenated alkanes) is 27. The lowest BCUT2D eigenvalue weighted by molar-refractivity contribution is -0.113. The summed E-state index contributed by atoms with van der Waals surface area (Å²) in [5.41, 5.74) is 0.804. The zero-order valence-corrected chi connectivity index (χ0v) is 25.7. The van der Waals surface area contributed by atoms with Gasteiger partial charge in [-0.1, -0.05) is 174 Å². The fourth-order valence-electron chi connectivity index (χ4n) is 5.36. The third-order valence-corrected chi connectivity index (χ3v) is 8.07. The van der Waals surface area contributed by atoms with Crippen molar-refractivity contribution in [3.8, 4) is 0 Å². The Morgan fingerprint density at radius 1 is 0.432 bits per heavy atom. The number of Topliss-reactive ketones (excluding diaryl/α,β-unsaturated/α-hetero) is 1. The van der Waals surface area contributed by atoms with Crippen LogP contribution in [-0.2, 0) is 9.53 Å². The number of allylic oxidation sites excluding steroid dienone is 1. The van der Waals surface area contributed by atoms with Crippen LogP contribution < -0.4 is 0 Å². The molecule has 0 bridgehead atoms. The van der Waals surface area contributed by atoms with Crippen LogP contribution in [0.25, 0.3) is 0 Å². The first-order valence-electron chi connectivity index (χ1n) is 16.9. The number of hydrogen-bond donors (Lipinski definition) is 0. The third-order valence-electron chi connectivity index (χ3n) is 8.07. The fourth-order valence-corrected chi connectivity index (χ4v) is 5.36. The first kappa shape index (κ1) is 36.4. The molecule has 2 heteroatoms. The Balaban J connectivity index is 3.05. The molecule has 0 saturated heterocycles. The maximum absolute atomic E-state index is 11.1. The SMILES string of the molecule is C=C(CCCCCCCCCCCCCCCCCCCCCCCCCCCCCCOC)C(C)=O. The second-order valence-electron chi connectivity index (χ2n) is 11.8. The molecule has 37 heavy (non-hydrogen) atoms. The van der Waals surface area contributed by atoms with Gasteiger partial charge in [0.25, 0.3) is 0 Å². The molecule has 0 aliphatic carbocycles. The minimum Gasteiger partial charge on any atom is -0.385 e. The molecule has 0 aliphatic rings. The molecule has 220 valence electrons. The Hall–Kier alpha value is -0.630. The van der Waals surface area contributed by atoms with E-state index < -0.39 is 0 Å². The average molecular weight is 521 g/mol. The summed E-state index contributed by atoms with van der Waals surface area (Å²) in [6.45, 7) is 6.41. The summed E-state index contributed by atoms with van der Waals surface area (Å²) >= 11 is 0. The quantitative estimate of drug-likeness (QED) is 0.0651. The van der Waals surface area contributed by atoms with E-state index in [1.165, 1.54) is 173 Å². The lowest BCUT2D eigenvalue weighted by Crippen LogP contribution is -1.94. The van der Waals surface area contributed by atoms with Crippen molar-refractivity contribution in [2.45, 2.75) is 193 Å². The van der Waals surface area contributed by atoms with Crippen LogP contribution in [0, 0.1) is 0 Å². The molecule has 0 rings (SSSR count). The normalized spacial score (nSPS) is 11.3. The number of ether oxygens (including phenoxy) is 1. The van der Waals surface area contributed by atoms with Crippen LogP contribution in [0.3, 0.4) is 0 Å². The number of rotatable bonds is 32. The Morgan fingerprint density at radius 2 is 0.649 bits per heavy atom. The molecule has 0 radical (unpaired) electrons. The van der Waals surface area contributed by atoms with Crippen LogP contribution in [0.5, 0.6) is 0 Å². The first-order valence-corrected chi connectivity index (χ1v) is 16.9. The molecule has 0 aromatic carbocycles. The summed E-state index contributed by atoms with van der Waals surface area (Å²) in [6, 6.07) is 0. The molecule has 0 amide bonds. The Morgan fingerprint density at radius 3 is 0.865 bits per heavy atom. The zero-order valence-electron chi connectivity index (χ0n) is 25.7. The lowest BCUT2D eigenvalue weighted by atomic mass is 10.0. The monoisotopic (exact) mass is 521 g/mol. The molecule has 0 spiro atoms. The van der Waals surface area contributed by atoms with Crippen LogP contribution in [-0.4, -0.2) is 19.5 Å². The molecule has 0 fully saturated rings. The number of methoxy groups -OCH3 is 1. The van der Waals surface area contributed by atoms with E-state index in [0.29, 0.717) is 0 Å². The fraction of sp³-hybridized carbons (Fsp3) is 0.914. The standard InChI is InChI=1S/C35H68O2/c1-34(35(2)36)32-30-28-26-24-22-20-18-16-14-12-10-8-6-4-5-7-9-11-13-15-17-19-21-23-25-27-29-31-33-37-3/h1,4-33H2,2-3H3. The maximum Gasteiger partial charge on any atom is 0.155 e. The van der Waals surface area contributed by atoms with Crippen molar-refractivity contribution in [1.29, 1.82) is 0 Å². The highest BCUT2D eigenvalue weighted by Gasteiger charge is 2.00. The van der Waals surface area contributed by atoms with Crippen molar-refractivity contribution >= 4 is 5.78 Å². The summed E-state index contributed by atoms with van der Waals surface area (Å²) in [5.74, 6) is 0.161. The highest BCUT2D eigenvalue weighted by atomic mass is 16.5. The van der Waals surface area contributed by atoms with Gasteiger partial charge in [-0.25, -0.2) is 0 Å². The average Bonchev–Trinajstić information content (AvgIpc) is 2.89. The van der Waals surface area contributed by atoms with Crippen molar-refractivity contribution in [2.75, 3.05) is 13.7 Å². The van der Waals surface area contributed by atoms with E-state index >= 15 is 0 Å². The van der Waals surface area contributed by atoms with Gasteiger partial charge in [-0.15, -0.1) is 0 Å². The third kappa shape index (κ3) is 31.5. The summed E-state index contributed by atoms with van der Waals surface area (Å²) in [6.07, 6.45) is 40.4. The zero-order chi connectivity index (χ0) is 27.1. The van der Waals surface area contributed by atoms with E-state index in [1.54, 1.807) is 14.0 Å². The van der Waals surface area contributed by atoms with Crippen LogP contribution in [0.1, 0.15) is 193 Å². The highest BCUT2D eigenvalue weighted by Crippen LogP contribution is 2.16. The Labute approximate surface area is 234 Å². The number of hydrogen-bond acceptors (Lipinski definition) is 2. The van der Waals surface area contributed by atoms with Gasteiger partial charge in [0.05, 0.1) is 0 Å². The van der Waals surface area contributed by atoms with E-state index in [9.17, 15) is 4.79 Å². The summed E-state index contributed by atoms with van der Waals surface area (Å²) < 4.78 is 5.10. The topological polar surface area (TPSA) is 26.3 Å². The molecule has 0 saturated carbocycles. The molecular weight excluding hydrogens is 452 g/mol. The van der Waals surface area contributed by atoms with E-state index in [2.05, 4.69) is 6.58 Å². The van der Waals surface area contributed by atoms with E-state index in [1.807, 2.05) is 0 Å². The molecule has 2 nitrogen and oxygen atoms in total. The van der Waals surface area contributed by atoms with Crippen molar-refractivity contribution in [3.05, 3.63) is 12.2 Å². The largest absolute Gasteiger partial charge is 0.385 e. The first-order chi connectivity index (χ1) is 18.2. The number of ketones is 1. The van der Waals surface area contributed by atoms with Gasteiger partial charge in [-0.05, 0) is 31.8 Å². The van der Waals surface area contributed by atoms with Crippen LogP contribution in [0.15, 0.2) is 12.2 Å². The molecule has 0 aromatic heterocycles. The molecular formula is C35H68O2. The smallest absolute Gasteiger partial charge is 0.155 e. The van der Waals surface area contributed by atoms with Gasteiger partial charge < -0.3 is 4.74 Å². The van der Waals surface area contributed by atoms with Crippen LogP contribution >= 0.6 is 0 Å². The summed E-state index contributed by atoms with van der Waals surface area (Å²) in [7, 11) is 1.80. The van der Waals surface area contributed by atoms with Gasteiger partial charge in [-0.2, -0.15) is 0 Å². The highest BCUT2D eigenvalue weighted by molar-refractivity contribution is 5.92. The molecule has 0 aliphatic heterocycles. The van der Waals surface area contributed by atoms with Crippen molar-refractivity contribution < 1.29 is 9.53 Å². The Kier molecular flexibility index (Phi) is 31.0. The summed E-state index contributed by atoms with van der Waals surface area (Å²) in [5, 5.41) is 0. The molecule has 0 N–H and O–H groups in total. The molecule has 0 atom stereocenters. The predicted octanol–water partition coefficient (Wildman–Crippen LogP) is 12.1. The minimum absolute atomic E-state index is 0.161. The lowest BCUT2D eigenvalue weighted by Gasteiger charge is -2.05. The van der Waals surface area contributed by atoms with E-state index in [-0.39, 0.29) is 5.78 Å². The second-order valence-corrected chi connectivity index (χ2v) is 11.8. The molecule has 0 aromatic rings. The van der Waals surface area contributed by atoms with Crippen molar-refractivity contribution in [1.82, 2.24) is 0 Å². The van der Waals surface area contributed by atoms with Gasteiger partial charge in [0.15, 0.2) is 5.78 Å². The van der Waals surface area contributed by atoms with Gasteiger partial charge in [-0.3, -0.25) is 4.79 Å². The minimum atomic E-state index is 0.161. The van der Waals surface area contributed by atoms with E-state index in [0.717, 1.165) is 25.0 Å². The van der Waals surface area contributed by atoms with Gasteiger partial charge in [0, 0.05) is 13.7 Å². The summed E-state index contributed by atoms with van der Waals surface area (Å²) in [4.78, 5) is 11.1. The second kappa shape index (κ2) is 31.6. The molecule has 0 unspecified atom stereocenters. The Bertz CT molecular complexity index is 470. The van der Waals surface area contributed by atoms with Gasteiger partial charge in [0.1, 0.15) is 0 Å². The van der Waals surface area contributed by atoms with Gasteiger partial charge >= 0.3 is 0 Å². The molecule has 0 heterocycles. The predicted molar refractivity (Wildman–Crippen MR) is 166 cm³/mol. The van der Waals surface area contributed by atoms with Crippen molar-refractivity contribution in [3.63, 3.8) is 0 Å². The van der Waals surface area contributed by atoms with Crippen LogP contribution in [0.4, 0.5) is 0 Å². The van der Waals surface area contributed by atoms with Crippen LogP contribution in [0.2, 0.25) is 0 Å².